The Bertz CT molecular complexity index is 373. The highest BCUT2D eigenvalue weighted by atomic mass is 32.2. The molecule has 0 aromatic carbocycles. The van der Waals surface area contributed by atoms with Crippen LogP contribution in [0.1, 0.15) is 19.8 Å². The highest BCUT2D eigenvalue weighted by molar-refractivity contribution is 8.00. The zero-order valence-corrected chi connectivity index (χ0v) is 12.0. The predicted octanol–water partition coefficient (Wildman–Crippen LogP) is 0.657. The molecule has 1 aliphatic heterocycles. The Kier molecular flexibility index (Phi) is 4.25. The van der Waals surface area contributed by atoms with Crippen molar-refractivity contribution < 1.29 is 19.8 Å². The van der Waals surface area contributed by atoms with Crippen molar-refractivity contribution >= 4 is 23.8 Å². The van der Waals surface area contributed by atoms with Gasteiger partial charge in [-0.1, -0.05) is 0 Å². The van der Waals surface area contributed by atoms with Crippen LogP contribution in [0.4, 0.5) is 4.79 Å². The highest BCUT2D eigenvalue weighted by Crippen LogP contribution is 2.31. The molecule has 2 fully saturated rings. The summed E-state index contributed by atoms with van der Waals surface area (Å²) in [6.45, 7) is 2.43. The van der Waals surface area contributed by atoms with Crippen molar-refractivity contribution in [2.75, 3.05) is 19.3 Å². The predicted molar refractivity (Wildman–Crippen MR) is 71.9 cm³/mol. The van der Waals surface area contributed by atoms with Gasteiger partial charge in [0.2, 0.25) is 0 Å². The fourth-order valence-corrected chi connectivity index (χ4v) is 3.80. The molecule has 0 radical (unpaired) electrons. The molecular formula is C12H20N2O4S. The lowest BCUT2D eigenvalue weighted by Crippen LogP contribution is -2.51. The number of aliphatic hydroxyl groups is 1. The van der Waals surface area contributed by atoms with Gasteiger partial charge >= 0.3 is 12.0 Å². The number of rotatable bonds is 3. The molecule has 7 heteroatoms. The van der Waals surface area contributed by atoms with Crippen LogP contribution in [0.3, 0.4) is 0 Å². The largest absolute Gasteiger partial charge is 0.480 e. The number of aliphatic carboxylic acids is 1. The fraction of sp³-hybridized carbons (Fsp3) is 0.833. The Morgan fingerprint density at radius 1 is 1.42 bits per heavy atom. The molecule has 2 unspecified atom stereocenters. The first kappa shape index (κ1) is 14.5. The Hall–Kier alpha value is -0.950. The van der Waals surface area contributed by atoms with Gasteiger partial charge in [0.15, 0.2) is 0 Å². The number of aliphatic hydroxyl groups excluding tert-OH is 1. The van der Waals surface area contributed by atoms with Crippen molar-refractivity contribution in [3.8, 4) is 0 Å². The summed E-state index contributed by atoms with van der Waals surface area (Å²) in [6.07, 6.45) is 1.22. The molecule has 2 N–H and O–H groups in total. The first-order valence-corrected chi connectivity index (χ1v) is 7.51. The van der Waals surface area contributed by atoms with Crippen LogP contribution >= 0.6 is 11.8 Å². The Morgan fingerprint density at radius 3 is 2.58 bits per heavy atom. The maximum absolute atomic E-state index is 12.3. The Morgan fingerprint density at radius 2 is 2.05 bits per heavy atom. The van der Waals surface area contributed by atoms with Gasteiger partial charge in [0.05, 0.1) is 11.5 Å². The minimum atomic E-state index is -0.947. The van der Waals surface area contributed by atoms with Crippen molar-refractivity contribution in [3.05, 3.63) is 0 Å². The number of hydrogen-bond acceptors (Lipinski definition) is 4. The van der Waals surface area contributed by atoms with Gasteiger partial charge in [-0.25, -0.2) is 9.59 Å². The van der Waals surface area contributed by atoms with Crippen LogP contribution in [0.25, 0.3) is 0 Å². The second kappa shape index (κ2) is 5.58. The van der Waals surface area contributed by atoms with E-state index < -0.39 is 12.0 Å². The summed E-state index contributed by atoms with van der Waals surface area (Å²) in [7, 11) is 1.70. The third-order valence-corrected chi connectivity index (χ3v) is 5.02. The van der Waals surface area contributed by atoms with Crippen LogP contribution in [0.5, 0.6) is 0 Å². The van der Waals surface area contributed by atoms with E-state index in [0.717, 1.165) is 12.8 Å². The molecule has 6 nitrogen and oxygen atoms in total. The molecule has 1 saturated carbocycles. The number of nitrogens with zero attached hydrogens (tertiary/aromatic N) is 2. The van der Waals surface area contributed by atoms with E-state index in [1.54, 1.807) is 11.9 Å². The molecule has 1 saturated heterocycles. The lowest BCUT2D eigenvalue weighted by atomic mass is 9.82. The number of urea groups is 1. The average molecular weight is 288 g/mol. The van der Waals surface area contributed by atoms with Crippen LogP contribution in [-0.4, -0.2) is 68.9 Å². The first-order chi connectivity index (χ1) is 8.90. The van der Waals surface area contributed by atoms with E-state index in [4.69, 9.17) is 5.11 Å². The summed E-state index contributed by atoms with van der Waals surface area (Å²) >= 11 is 1.48. The minimum absolute atomic E-state index is 0.108. The molecule has 2 aliphatic rings. The maximum atomic E-state index is 12.3. The molecule has 0 bridgehead atoms. The molecule has 0 spiro atoms. The van der Waals surface area contributed by atoms with Gasteiger partial charge in [-0.15, -0.1) is 11.8 Å². The zero-order chi connectivity index (χ0) is 14.2. The van der Waals surface area contributed by atoms with E-state index in [1.807, 2.05) is 6.92 Å². The van der Waals surface area contributed by atoms with Gasteiger partial charge in [0.25, 0.3) is 0 Å². The molecule has 19 heavy (non-hydrogen) atoms. The summed E-state index contributed by atoms with van der Waals surface area (Å²) in [5.41, 5.74) is 0. The SMILES string of the molecule is CC1SCC(C(=O)O)N1C(=O)N(C)CC1CC(O)C1. The number of carbonyl (C=O) groups is 2. The van der Waals surface area contributed by atoms with Crippen LogP contribution in [0, 0.1) is 5.92 Å². The van der Waals surface area contributed by atoms with Gasteiger partial charge in [0.1, 0.15) is 6.04 Å². The van der Waals surface area contributed by atoms with E-state index in [1.165, 1.54) is 16.7 Å². The second-order valence-corrected chi connectivity index (χ2v) is 6.70. The monoisotopic (exact) mass is 288 g/mol. The smallest absolute Gasteiger partial charge is 0.327 e. The van der Waals surface area contributed by atoms with Crippen LogP contribution in [-0.2, 0) is 4.79 Å². The van der Waals surface area contributed by atoms with Crippen molar-refractivity contribution in [1.29, 1.82) is 0 Å². The average Bonchev–Trinajstić information content (AvgIpc) is 2.68. The van der Waals surface area contributed by atoms with Crippen molar-refractivity contribution in [2.45, 2.75) is 37.3 Å². The van der Waals surface area contributed by atoms with Gasteiger partial charge in [-0.3, -0.25) is 4.90 Å². The molecular weight excluding hydrogens is 268 g/mol. The molecule has 0 aromatic heterocycles. The van der Waals surface area contributed by atoms with Gasteiger partial charge in [-0.2, -0.15) is 0 Å². The Balaban J connectivity index is 1.95. The standard InChI is InChI=1S/C12H20N2O4S/c1-7-14(10(6-19-7)11(16)17)12(18)13(2)5-8-3-9(15)4-8/h7-10,15H,3-6H2,1-2H3,(H,16,17). The first-order valence-electron chi connectivity index (χ1n) is 6.46. The third-order valence-electron chi connectivity index (χ3n) is 3.80. The number of amides is 2. The van der Waals surface area contributed by atoms with Crippen molar-refractivity contribution in [2.24, 2.45) is 5.92 Å². The summed E-state index contributed by atoms with van der Waals surface area (Å²) in [4.78, 5) is 26.5. The number of carboxylic acids is 1. The van der Waals surface area contributed by atoms with Gasteiger partial charge < -0.3 is 15.1 Å². The Labute approximate surface area is 116 Å². The van der Waals surface area contributed by atoms with Gasteiger partial charge in [-0.05, 0) is 25.7 Å². The fourth-order valence-electron chi connectivity index (χ4n) is 2.64. The molecule has 1 aliphatic carbocycles. The summed E-state index contributed by atoms with van der Waals surface area (Å²) in [5, 5.41) is 18.3. The lowest BCUT2D eigenvalue weighted by molar-refractivity contribution is -0.141. The molecule has 2 rings (SSSR count). The third kappa shape index (κ3) is 2.97. The summed E-state index contributed by atoms with van der Waals surface area (Å²) in [6, 6.07) is -0.965. The molecule has 2 amide bonds. The second-order valence-electron chi connectivity index (χ2n) is 5.35. The van der Waals surface area contributed by atoms with E-state index in [2.05, 4.69) is 0 Å². The number of carboxylic acid groups (broad SMARTS) is 1. The number of hydrogen-bond donors (Lipinski definition) is 2. The highest BCUT2D eigenvalue weighted by Gasteiger charge is 2.41. The molecule has 0 aromatic rings. The lowest BCUT2D eigenvalue weighted by Gasteiger charge is -2.37. The van der Waals surface area contributed by atoms with Crippen molar-refractivity contribution in [1.82, 2.24) is 9.80 Å². The van der Waals surface area contributed by atoms with E-state index in [0.29, 0.717) is 18.2 Å². The van der Waals surface area contributed by atoms with Crippen LogP contribution < -0.4 is 0 Å². The van der Waals surface area contributed by atoms with Gasteiger partial charge in [0, 0.05) is 19.3 Å². The number of thioether (sulfide) groups is 1. The van der Waals surface area contributed by atoms with Crippen LogP contribution in [0.2, 0.25) is 0 Å². The maximum Gasteiger partial charge on any atom is 0.327 e. The zero-order valence-electron chi connectivity index (χ0n) is 11.2. The van der Waals surface area contributed by atoms with Crippen LogP contribution in [0.15, 0.2) is 0 Å². The molecule has 1 heterocycles. The summed E-state index contributed by atoms with van der Waals surface area (Å²) in [5.74, 6) is -0.173. The van der Waals surface area contributed by atoms with E-state index in [-0.39, 0.29) is 17.5 Å². The van der Waals surface area contributed by atoms with Crippen molar-refractivity contribution in [3.63, 3.8) is 0 Å². The summed E-state index contributed by atoms with van der Waals surface area (Å²) < 4.78 is 0. The number of carbonyl (C=O) groups excluding carboxylic acids is 1. The molecule has 108 valence electrons. The van der Waals surface area contributed by atoms with E-state index >= 15 is 0 Å². The van der Waals surface area contributed by atoms with E-state index in [9.17, 15) is 14.7 Å². The normalized spacial score (nSPS) is 33.9. The topological polar surface area (TPSA) is 81.1 Å². The molecule has 2 atom stereocenters. The quantitative estimate of drug-likeness (QED) is 0.797. The minimum Gasteiger partial charge on any atom is -0.480 e.